The summed E-state index contributed by atoms with van der Waals surface area (Å²) in [6.07, 6.45) is 6.77. The first kappa shape index (κ1) is 9.75. The van der Waals surface area contributed by atoms with E-state index < -0.39 is 0 Å². The van der Waals surface area contributed by atoms with Crippen LogP contribution in [0.3, 0.4) is 0 Å². The van der Waals surface area contributed by atoms with E-state index in [1.807, 2.05) is 10.8 Å². The van der Waals surface area contributed by atoms with Gasteiger partial charge >= 0.3 is 0 Å². The van der Waals surface area contributed by atoms with E-state index in [9.17, 15) is 0 Å². The molecule has 0 spiro atoms. The maximum absolute atomic E-state index is 5.41. The van der Waals surface area contributed by atoms with Crippen molar-refractivity contribution >= 4 is 21.6 Å². The van der Waals surface area contributed by atoms with Crippen molar-refractivity contribution in [1.82, 2.24) is 0 Å². The molecule has 3 heteroatoms. The van der Waals surface area contributed by atoms with Crippen molar-refractivity contribution in [1.29, 1.82) is 0 Å². The van der Waals surface area contributed by atoms with Crippen LogP contribution in [0.2, 0.25) is 0 Å². The number of rotatable bonds is 5. The zero-order valence-electron chi connectivity index (χ0n) is 6.92. The van der Waals surface area contributed by atoms with E-state index in [2.05, 4.69) is 10.8 Å². The lowest BCUT2D eigenvalue weighted by Gasteiger charge is -2.05. The molecule has 0 saturated carbocycles. The predicted octanol–water partition coefficient (Wildman–Crippen LogP) is 2.66. The zero-order chi connectivity index (χ0) is 7.94. The van der Waals surface area contributed by atoms with E-state index in [1.54, 1.807) is 0 Å². The van der Waals surface area contributed by atoms with Gasteiger partial charge in [0.2, 0.25) is 0 Å². The van der Waals surface area contributed by atoms with Gasteiger partial charge in [0, 0.05) is 11.0 Å². The summed E-state index contributed by atoms with van der Waals surface area (Å²) in [5, 5.41) is 0.956. The van der Waals surface area contributed by atoms with Gasteiger partial charge in [-0.15, -0.1) is 0 Å². The molecule has 0 aliphatic carbocycles. The lowest BCUT2D eigenvalue weighted by atomic mass is 10.1. The Balaban J connectivity index is 1.86. The summed E-state index contributed by atoms with van der Waals surface area (Å²) in [5.74, 6) is 1.37. The highest BCUT2D eigenvalue weighted by Gasteiger charge is 2.15. The Labute approximate surface area is 77.3 Å². The Bertz CT molecular complexity index is 92.1. The van der Waals surface area contributed by atoms with Gasteiger partial charge in [-0.3, -0.25) is 0 Å². The Morgan fingerprint density at radius 1 is 1.27 bits per heavy atom. The van der Waals surface area contributed by atoms with Crippen LogP contribution in [0.25, 0.3) is 0 Å². The van der Waals surface area contributed by atoms with Gasteiger partial charge in [0.25, 0.3) is 0 Å². The molecule has 1 heterocycles. The highest BCUT2D eigenvalue weighted by Crippen LogP contribution is 2.39. The average molecular weight is 191 g/mol. The van der Waals surface area contributed by atoms with Crippen LogP contribution in [0, 0.1) is 0 Å². The first-order valence-corrected chi connectivity index (χ1v) is 6.80. The van der Waals surface area contributed by atoms with Crippen LogP contribution >= 0.6 is 21.6 Å². The van der Waals surface area contributed by atoms with Gasteiger partial charge < -0.3 is 5.73 Å². The van der Waals surface area contributed by atoms with Crippen LogP contribution in [-0.4, -0.2) is 17.5 Å². The second-order valence-corrected chi connectivity index (χ2v) is 5.75. The standard InChI is InChI=1S/C8H17NS2/c9-6-3-1-2-4-8-5-7-10-11-8/h8H,1-7,9H2/t8-/m1/s1. The first-order valence-electron chi connectivity index (χ1n) is 4.42. The molecule has 2 N–H and O–H groups in total. The molecule has 66 valence electrons. The molecule has 1 nitrogen and oxygen atoms in total. The molecule has 0 radical (unpaired) electrons. The van der Waals surface area contributed by atoms with Crippen LogP contribution < -0.4 is 5.73 Å². The molecule has 1 aliphatic rings. The molecule has 1 rings (SSSR count). The maximum Gasteiger partial charge on any atom is 0.0159 e. The molecule has 0 aromatic rings. The van der Waals surface area contributed by atoms with Crippen LogP contribution in [0.1, 0.15) is 32.1 Å². The summed E-state index contributed by atoms with van der Waals surface area (Å²) in [6.45, 7) is 0.868. The van der Waals surface area contributed by atoms with E-state index >= 15 is 0 Å². The van der Waals surface area contributed by atoms with E-state index in [4.69, 9.17) is 5.73 Å². The second-order valence-electron chi connectivity index (χ2n) is 2.97. The van der Waals surface area contributed by atoms with Gasteiger partial charge in [-0.2, -0.15) is 0 Å². The molecule has 0 amide bonds. The third-order valence-electron chi connectivity index (χ3n) is 1.96. The predicted molar refractivity (Wildman–Crippen MR) is 56.0 cm³/mol. The zero-order valence-corrected chi connectivity index (χ0v) is 8.55. The lowest BCUT2D eigenvalue weighted by molar-refractivity contribution is 0.627. The lowest BCUT2D eigenvalue weighted by Crippen LogP contribution is -2.00. The Morgan fingerprint density at radius 3 is 2.82 bits per heavy atom. The molecule has 1 aliphatic heterocycles. The first-order chi connectivity index (χ1) is 5.43. The summed E-state index contributed by atoms with van der Waals surface area (Å²) >= 11 is 0. The van der Waals surface area contributed by atoms with Crippen molar-refractivity contribution in [3.63, 3.8) is 0 Å². The number of unbranched alkanes of at least 4 members (excludes halogenated alkanes) is 2. The summed E-state index contributed by atoms with van der Waals surface area (Å²) in [4.78, 5) is 0. The number of hydrogen-bond acceptors (Lipinski definition) is 3. The summed E-state index contributed by atoms with van der Waals surface area (Å²) in [5.41, 5.74) is 5.41. The highest BCUT2D eigenvalue weighted by molar-refractivity contribution is 8.77. The molecule has 0 aromatic carbocycles. The summed E-state index contributed by atoms with van der Waals surface area (Å²) in [6, 6.07) is 0. The third kappa shape index (κ3) is 4.28. The van der Waals surface area contributed by atoms with Crippen LogP contribution in [0.4, 0.5) is 0 Å². The van der Waals surface area contributed by atoms with Gasteiger partial charge in [-0.05, 0) is 25.8 Å². The second kappa shape index (κ2) is 6.21. The highest BCUT2D eigenvalue weighted by atomic mass is 33.1. The monoisotopic (exact) mass is 191 g/mol. The SMILES string of the molecule is NCCCCC[C@@H]1CCSS1. The van der Waals surface area contributed by atoms with Gasteiger partial charge in [0.1, 0.15) is 0 Å². The molecule has 0 unspecified atom stereocenters. The molecule has 0 aromatic heterocycles. The van der Waals surface area contributed by atoms with Crippen molar-refractivity contribution in [2.45, 2.75) is 37.4 Å². The number of hydrogen-bond donors (Lipinski definition) is 1. The number of nitrogens with two attached hydrogens (primary N) is 1. The molecule has 0 bridgehead atoms. The van der Waals surface area contributed by atoms with Crippen molar-refractivity contribution < 1.29 is 0 Å². The maximum atomic E-state index is 5.41. The Hall–Kier alpha value is 0.660. The topological polar surface area (TPSA) is 26.0 Å². The summed E-state index contributed by atoms with van der Waals surface area (Å²) in [7, 11) is 4.12. The summed E-state index contributed by atoms with van der Waals surface area (Å²) < 4.78 is 0. The van der Waals surface area contributed by atoms with Gasteiger partial charge in [-0.25, -0.2) is 0 Å². The van der Waals surface area contributed by atoms with Gasteiger partial charge in [0.15, 0.2) is 0 Å². The van der Waals surface area contributed by atoms with Crippen molar-refractivity contribution in [3.8, 4) is 0 Å². The minimum Gasteiger partial charge on any atom is -0.330 e. The Morgan fingerprint density at radius 2 is 2.18 bits per heavy atom. The van der Waals surface area contributed by atoms with E-state index in [0.717, 1.165) is 11.8 Å². The Kier molecular flexibility index (Phi) is 5.50. The molecule has 1 saturated heterocycles. The smallest absolute Gasteiger partial charge is 0.0159 e. The van der Waals surface area contributed by atoms with E-state index in [-0.39, 0.29) is 0 Å². The largest absolute Gasteiger partial charge is 0.330 e. The van der Waals surface area contributed by atoms with Gasteiger partial charge in [0.05, 0.1) is 0 Å². The fourth-order valence-corrected chi connectivity index (χ4v) is 4.29. The van der Waals surface area contributed by atoms with Crippen molar-refractivity contribution in [2.75, 3.05) is 12.3 Å². The molecular weight excluding hydrogens is 174 g/mol. The molecular formula is C8H17NS2. The molecule has 1 atom stereocenters. The van der Waals surface area contributed by atoms with Crippen LogP contribution in [0.15, 0.2) is 0 Å². The quantitative estimate of drug-likeness (QED) is 0.534. The normalized spacial score (nSPS) is 24.3. The van der Waals surface area contributed by atoms with Gasteiger partial charge in [-0.1, -0.05) is 34.4 Å². The fraction of sp³-hybridized carbons (Fsp3) is 1.00. The van der Waals surface area contributed by atoms with Crippen LogP contribution in [-0.2, 0) is 0 Å². The minimum absolute atomic E-state index is 0.868. The fourth-order valence-electron chi connectivity index (χ4n) is 1.26. The molecule has 1 fully saturated rings. The van der Waals surface area contributed by atoms with E-state index in [0.29, 0.717) is 0 Å². The third-order valence-corrected chi connectivity index (χ3v) is 4.96. The molecule has 11 heavy (non-hydrogen) atoms. The van der Waals surface area contributed by atoms with Crippen molar-refractivity contribution in [3.05, 3.63) is 0 Å². The van der Waals surface area contributed by atoms with Crippen LogP contribution in [0.5, 0.6) is 0 Å². The minimum atomic E-state index is 0.868. The average Bonchev–Trinajstić information content (AvgIpc) is 2.50. The van der Waals surface area contributed by atoms with E-state index in [1.165, 1.54) is 37.9 Å². The van der Waals surface area contributed by atoms with Crippen molar-refractivity contribution in [2.24, 2.45) is 5.73 Å².